The molecule has 1 aromatic rings. The number of aromatic nitrogens is 3. The Hall–Kier alpha value is -1.57. The smallest absolute Gasteiger partial charge is 0.230 e. The predicted octanol–water partition coefficient (Wildman–Crippen LogP) is 0.476. The van der Waals surface area contributed by atoms with Gasteiger partial charge < -0.3 is 4.90 Å². The molecule has 2 heterocycles. The predicted molar refractivity (Wildman–Crippen MR) is 81.8 cm³/mol. The first-order chi connectivity index (χ1) is 10.4. The molecular formula is C14H22N4O3S. The number of hydrogen-bond acceptors (Lipinski definition) is 6. The quantitative estimate of drug-likeness (QED) is 0.781. The molecule has 1 aliphatic heterocycles. The number of sulfone groups is 1. The summed E-state index contributed by atoms with van der Waals surface area (Å²) >= 11 is 0. The molecule has 0 spiro atoms. The third-order valence-corrected chi connectivity index (χ3v) is 6.38. The molecular weight excluding hydrogens is 304 g/mol. The Morgan fingerprint density at radius 3 is 2.41 bits per heavy atom. The fourth-order valence-electron chi connectivity index (χ4n) is 2.47. The van der Waals surface area contributed by atoms with E-state index in [9.17, 15) is 13.2 Å². The van der Waals surface area contributed by atoms with E-state index in [2.05, 4.69) is 15.0 Å². The van der Waals surface area contributed by atoms with Crippen molar-refractivity contribution in [3.63, 3.8) is 0 Å². The van der Waals surface area contributed by atoms with Crippen LogP contribution in [0.3, 0.4) is 0 Å². The molecule has 7 nitrogen and oxygen atoms in total. The maximum Gasteiger partial charge on any atom is 0.230 e. The Labute approximate surface area is 131 Å². The summed E-state index contributed by atoms with van der Waals surface area (Å²) in [5.74, 6) is 0.815. The van der Waals surface area contributed by atoms with Crippen molar-refractivity contribution < 1.29 is 13.2 Å². The van der Waals surface area contributed by atoms with Crippen LogP contribution in [-0.2, 0) is 21.1 Å². The first-order valence-electron chi connectivity index (χ1n) is 7.48. The Bertz CT molecular complexity index is 596. The molecule has 0 saturated carbocycles. The second-order valence-corrected chi connectivity index (χ2v) is 8.54. The summed E-state index contributed by atoms with van der Waals surface area (Å²) in [5.41, 5.74) is 0. The second-order valence-electron chi connectivity index (χ2n) is 5.93. The van der Waals surface area contributed by atoms with Gasteiger partial charge in [-0.15, -0.1) is 0 Å². The number of carbonyl (C=O) groups excluding carboxylic acids is 1. The highest BCUT2D eigenvalue weighted by molar-refractivity contribution is 7.91. The Kier molecular flexibility index (Phi) is 5.44. The van der Waals surface area contributed by atoms with E-state index >= 15 is 0 Å². The highest BCUT2D eigenvalue weighted by Gasteiger charge is 2.28. The van der Waals surface area contributed by atoms with Gasteiger partial charge in [-0.25, -0.2) is 23.4 Å². The molecule has 0 atom stereocenters. The first kappa shape index (κ1) is 16.8. The van der Waals surface area contributed by atoms with E-state index in [1.807, 2.05) is 0 Å². The molecule has 8 heteroatoms. The summed E-state index contributed by atoms with van der Waals surface area (Å²) in [6.07, 6.45) is 4.37. The summed E-state index contributed by atoms with van der Waals surface area (Å²) < 4.78 is 23.9. The molecule has 0 radical (unpaired) electrons. The summed E-state index contributed by atoms with van der Waals surface area (Å²) in [7, 11) is -3.01. The summed E-state index contributed by atoms with van der Waals surface area (Å²) in [6.45, 7) is 4.62. The highest BCUT2D eigenvalue weighted by Crippen LogP contribution is 2.21. The van der Waals surface area contributed by atoms with Gasteiger partial charge in [0.05, 0.1) is 17.4 Å². The van der Waals surface area contributed by atoms with Crippen molar-refractivity contribution in [3.05, 3.63) is 18.5 Å². The molecule has 0 N–H and O–H groups in total. The lowest BCUT2D eigenvalue weighted by Gasteiger charge is -2.32. The van der Waals surface area contributed by atoms with Crippen LogP contribution in [-0.4, -0.2) is 58.3 Å². The minimum absolute atomic E-state index is 0.0173. The van der Waals surface area contributed by atoms with Crippen LogP contribution in [0.15, 0.2) is 12.7 Å². The van der Waals surface area contributed by atoms with Crippen LogP contribution in [0.25, 0.3) is 0 Å². The standard InChI is InChI=1S/C14H22N4O3S/c1-11(2)22(20,21)8-12-3-5-18(6-4-12)14(19)7-13-16-9-15-10-17-13/h9-12H,3-8H2,1-2H3. The van der Waals surface area contributed by atoms with Gasteiger partial charge in [-0.05, 0) is 32.6 Å². The largest absolute Gasteiger partial charge is 0.342 e. The van der Waals surface area contributed by atoms with E-state index < -0.39 is 9.84 Å². The minimum Gasteiger partial charge on any atom is -0.342 e. The van der Waals surface area contributed by atoms with E-state index in [-0.39, 0.29) is 29.2 Å². The molecule has 1 amide bonds. The number of carbonyl (C=O) groups is 1. The third kappa shape index (κ3) is 4.46. The number of piperidine rings is 1. The Balaban J connectivity index is 1.83. The lowest BCUT2D eigenvalue weighted by molar-refractivity contribution is -0.131. The summed E-state index contributed by atoms with van der Waals surface area (Å²) in [5, 5.41) is -0.337. The first-order valence-corrected chi connectivity index (χ1v) is 9.20. The van der Waals surface area contributed by atoms with Crippen LogP contribution < -0.4 is 0 Å². The van der Waals surface area contributed by atoms with E-state index in [0.29, 0.717) is 18.9 Å². The van der Waals surface area contributed by atoms with Gasteiger partial charge in [-0.2, -0.15) is 0 Å². The van der Waals surface area contributed by atoms with Crippen LogP contribution in [0, 0.1) is 5.92 Å². The molecule has 0 unspecified atom stereocenters. The number of likely N-dealkylation sites (tertiary alicyclic amines) is 1. The molecule has 2 rings (SSSR count). The lowest BCUT2D eigenvalue weighted by Crippen LogP contribution is -2.41. The zero-order chi connectivity index (χ0) is 16.2. The molecule has 0 aliphatic carbocycles. The monoisotopic (exact) mass is 326 g/mol. The van der Waals surface area contributed by atoms with Crippen LogP contribution in [0.5, 0.6) is 0 Å². The maximum absolute atomic E-state index is 12.2. The van der Waals surface area contributed by atoms with Crippen molar-refractivity contribution >= 4 is 15.7 Å². The van der Waals surface area contributed by atoms with Crippen molar-refractivity contribution in [1.29, 1.82) is 0 Å². The Morgan fingerprint density at radius 2 is 1.86 bits per heavy atom. The molecule has 1 fully saturated rings. The zero-order valence-electron chi connectivity index (χ0n) is 13.0. The average Bonchev–Trinajstić information content (AvgIpc) is 2.48. The van der Waals surface area contributed by atoms with Crippen molar-refractivity contribution in [2.45, 2.75) is 38.4 Å². The van der Waals surface area contributed by atoms with Gasteiger partial charge in [0.25, 0.3) is 0 Å². The van der Waals surface area contributed by atoms with E-state index in [1.165, 1.54) is 12.7 Å². The second kappa shape index (κ2) is 7.13. The van der Waals surface area contributed by atoms with Gasteiger partial charge in [0.1, 0.15) is 18.5 Å². The normalized spacial score (nSPS) is 17.0. The van der Waals surface area contributed by atoms with Gasteiger partial charge in [0.15, 0.2) is 9.84 Å². The van der Waals surface area contributed by atoms with E-state index in [0.717, 1.165) is 12.8 Å². The van der Waals surface area contributed by atoms with Gasteiger partial charge in [0.2, 0.25) is 5.91 Å². The fraction of sp³-hybridized carbons (Fsp3) is 0.714. The third-order valence-electron chi connectivity index (χ3n) is 4.01. The zero-order valence-corrected chi connectivity index (χ0v) is 13.8. The van der Waals surface area contributed by atoms with Gasteiger partial charge in [-0.1, -0.05) is 0 Å². The molecule has 1 aromatic heterocycles. The number of amides is 1. The fourth-order valence-corrected chi connectivity index (χ4v) is 3.85. The van der Waals surface area contributed by atoms with Gasteiger partial charge in [-0.3, -0.25) is 4.79 Å². The average molecular weight is 326 g/mol. The van der Waals surface area contributed by atoms with Crippen molar-refractivity contribution in [1.82, 2.24) is 19.9 Å². The van der Waals surface area contributed by atoms with Crippen LogP contribution in [0.1, 0.15) is 32.5 Å². The van der Waals surface area contributed by atoms with Gasteiger partial charge in [0, 0.05) is 13.1 Å². The minimum atomic E-state index is -3.01. The van der Waals surface area contributed by atoms with Crippen LogP contribution in [0.2, 0.25) is 0 Å². The van der Waals surface area contributed by atoms with E-state index in [1.54, 1.807) is 18.7 Å². The van der Waals surface area contributed by atoms with E-state index in [4.69, 9.17) is 0 Å². The number of hydrogen-bond donors (Lipinski definition) is 0. The van der Waals surface area contributed by atoms with Crippen molar-refractivity contribution in [2.24, 2.45) is 5.92 Å². The Morgan fingerprint density at radius 1 is 1.27 bits per heavy atom. The number of rotatable bonds is 5. The molecule has 0 bridgehead atoms. The molecule has 22 heavy (non-hydrogen) atoms. The van der Waals surface area contributed by atoms with Crippen molar-refractivity contribution in [2.75, 3.05) is 18.8 Å². The van der Waals surface area contributed by atoms with Crippen molar-refractivity contribution in [3.8, 4) is 0 Å². The maximum atomic E-state index is 12.2. The topological polar surface area (TPSA) is 93.1 Å². The molecule has 0 aromatic carbocycles. The summed E-state index contributed by atoms with van der Waals surface area (Å²) in [4.78, 5) is 25.6. The number of nitrogens with zero attached hydrogens (tertiary/aromatic N) is 4. The van der Waals surface area contributed by atoms with Crippen LogP contribution >= 0.6 is 0 Å². The molecule has 1 aliphatic rings. The highest BCUT2D eigenvalue weighted by atomic mass is 32.2. The lowest BCUT2D eigenvalue weighted by atomic mass is 9.99. The molecule has 1 saturated heterocycles. The SMILES string of the molecule is CC(C)S(=O)(=O)CC1CCN(C(=O)Cc2ncncn2)CC1. The molecule has 122 valence electrons. The summed E-state index contributed by atoms with van der Waals surface area (Å²) in [6, 6.07) is 0. The van der Waals surface area contributed by atoms with Crippen LogP contribution in [0.4, 0.5) is 0 Å². The van der Waals surface area contributed by atoms with Gasteiger partial charge >= 0.3 is 0 Å².